The maximum atomic E-state index is 13.0. The van der Waals surface area contributed by atoms with E-state index in [4.69, 9.17) is 10.00 Å². The van der Waals surface area contributed by atoms with Gasteiger partial charge in [0.25, 0.3) is 5.91 Å². The number of nitrogens with zero attached hydrogens (tertiary/aromatic N) is 4. The number of anilines is 2. The van der Waals surface area contributed by atoms with Gasteiger partial charge in [0.1, 0.15) is 23.7 Å². The van der Waals surface area contributed by atoms with Crippen LogP contribution in [0.1, 0.15) is 52.4 Å². The second kappa shape index (κ2) is 11.2. The van der Waals surface area contributed by atoms with Crippen molar-refractivity contribution >= 4 is 23.6 Å². The van der Waals surface area contributed by atoms with Gasteiger partial charge < -0.3 is 25.0 Å². The van der Waals surface area contributed by atoms with Crippen molar-refractivity contribution in [3.05, 3.63) is 52.8 Å². The Morgan fingerprint density at radius 2 is 2.09 bits per heavy atom. The first kappa shape index (κ1) is 25.3. The van der Waals surface area contributed by atoms with Gasteiger partial charge in [-0.1, -0.05) is 6.07 Å². The van der Waals surface area contributed by atoms with Crippen molar-refractivity contribution in [3.8, 4) is 6.07 Å². The molecule has 0 saturated carbocycles. The van der Waals surface area contributed by atoms with Gasteiger partial charge in [-0.3, -0.25) is 9.59 Å². The quantitative estimate of drug-likeness (QED) is 0.542. The van der Waals surface area contributed by atoms with Gasteiger partial charge in [0.2, 0.25) is 0 Å². The summed E-state index contributed by atoms with van der Waals surface area (Å²) < 4.78 is 5.46. The Bertz CT molecular complexity index is 1070. The number of hydrogen-bond donors (Lipinski definition) is 2. The van der Waals surface area contributed by atoms with Gasteiger partial charge in [-0.15, -0.1) is 0 Å². The van der Waals surface area contributed by atoms with E-state index >= 15 is 0 Å². The topological polar surface area (TPSA) is 119 Å². The Morgan fingerprint density at radius 3 is 2.74 bits per heavy atom. The average Bonchev–Trinajstić information content (AvgIpc) is 2.83. The summed E-state index contributed by atoms with van der Waals surface area (Å²) in [6.07, 6.45) is 1.41. The molecule has 0 unspecified atom stereocenters. The molecule has 34 heavy (non-hydrogen) atoms. The number of aldehydes is 1. The molecule has 1 fully saturated rings. The Morgan fingerprint density at radius 1 is 1.35 bits per heavy atom. The molecule has 1 saturated heterocycles. The fourth-order valence-corrected chi connectivity index (χ4v) is 3.71. The van der Waals surface area contributed by atoms with Crippen molar-refractivity contribution in [3.63, 3.8) is 0 Å². The number of carbonyl (C=O) groups is 2. The smallest absolute Gasteiger partial charge is 0.274 e. The molecule has 1 aliphatic rings. The number of aliphatic hydroxyl groups is 1. The summed E-state index contributed by atoms with van der Waals surface area (Å²) in [5.41, 5.74) is 2.11. The van der Waals surface area contributed by atoms with Crippen molar-refractivity contribution in [2.75, 3.05) is 50.1 Å². The molecule has 2 N–H and O–H groups in total. The van der Waals surface area contributed by atoms with E-state index in [1.807, 2.05) is 24.1 Å². The predicted molar refractivity (Wildman–Crippen MR) is 129 cm³/mol. The number of pyridine rings is 1. The molecule has 9 heteroatoms. The maximum Gasteiger partial charge on any atom is 0.274 e. The molecule has 0 radical (unpaired) electrons. The molecule has 1 amide bonds. The number of benzene rings is 1. The van der Waals surface area contributed by atoms with Crippen molar-refractivity contribution in [2.45, 2.75) is 32.4 Å². The molecule has 3 rings (SSSR count). The van der Waals surface area contributed by atoms with Gasteiger partial charge in [0, 0.05) is 31.7 Å². The summed E-state index contributed by atoms with van der Waals surface area (Å²) in [6.45, 7) is 7.00. The van der Waals surface area contributed by atoms with Crippen LogP contribution in [0.2, 0.25) is 0 Å². The normalized spacial score (nSPS) is 14.1. The Balaban J connectivity index is 1.93. The summed E-state index contributed by atoms with van der Waals surface area (Å²) in [4.78, 5) is 33.1. The van der Waals surface area contributed by atoms with Crippen LogP contribution in [0, 0.1) is 11.3 Å². The Labute approximate surface area is 200 Å². The largest absolute Gasteiger partial charge is 0.390 e. The zero-order valence-corrected chi connectivity index (χ0v) is 19.9. The van der Waals surface area contributed by atoms with Crippen LogP contribution in [0.15, 0.2) is 30.3 Å². The van der Waals surface area contributed by atoms with Crippen LogP contribution in [0.5, 0.6) is 0 Å². The molecule has 1 aromatic carbocycles. The second-order valence-electron chi connectivity index (χ2n) is 9.06. The third-order valence-corrected chi connectivity index (χ3v) is 5.63. The van der Waals surface area contributed by atoms with Crippen LogP contribution in [0.25, 0.3) is 0 Å². The lowest BCUT2D eigenvalue weighted by atomic mass is 10.0. The van der Waals surface area contributed by atoms with Crippen LogP contribution in [-0.2, 0) is 11.3 Å². The number of nitrogens with one attached hydrogen (secondary N) is 1. The number of morpholine rings is 1. The molecule has 0 atom stereocenters. The Hall–Kier alpha value is -3.32. The Kier molecular flexibility index (Phi) is 8.34. The minimum absolute atomic E-state index is 0.135. The average molecular weight is 466 g/mol. The monoisotopic (exact) mass is 465 g/mol. The molecule has 0 aliphatic carbocycles. The highest BCUT2D eigenvalue weighted by Gasteiger charge is 2.21. The van der Waals surface area contributed by atoms with Gasteiger partial charge in [-0.2, -0.15) is 5.26 Å². The highest BCUT2D eigenvalue weighted by atomic mass is 16.5. The number of rotatable bonds is 9. The molecule has 9 nitrogen and oxygen atoms in total. The molecule has 0 bridgehead atoms. The lowest BCUT2D eigenvalue weighted by Gasteiger charge is -2.31. The zero-order chi connectivity index (χ0) is 24.7. The standard InChI is InChI=1S/C25H31N5O4/c1-25(2,33)7-8-29(3)16-18-13-22(28-24(32)21-6-4-5-20(15-26)27-21)23(14-19(18)17-31)30-9-11-34-12-10-30/h4-6,13-14,17,33H,7-12,16H2,1-3H3,(H,28,32). The molecular weight excluding hydrogens is 434 g/mol. The SMILES string of the molecule is CN(CCC(C)(C)O)Cc1cc(NC(=O)c2cccc(C#N)n2)c(N2CCOCC2)cc1C=O. The van der Waals surface area contributed by atoms with E-state index in [0.717, 1.165) is 17.5 Å². The highest BCUT2D eigenvalue weighted by Crippen LogP contribution is 2.31. The first-order chi connectivity index (χ1) is 16.2. The first-order valence-corrected chi connectivity index (χ1v) is 11.2. The highest BCUT2D eigenvalue weighted by molar-refractivity contribution is 6.05. The third-order valence-electron chi connectivity index (χ3n) is 5.63. The van der Waals surface area contributed by atoms with E-state index < -0.39 is 11.5 Å². The van der Waals surface area contributed by atoms with E-state index in [-0.39, 0.29) is 11.4 Å². The van der Waals surface area contributed by atoms with E-state index in [9.17, 15) is 14.7 Å². The molecule has 180 valence electrons. The lowest BCUT2D eigenvalue weighted by molar-refractivity contribution is 0.0599. The number of amides is 1. The van der Waals surface area contributed by atoms with Crippen LogP contribution in [0.3, 0.4) is 0 Å². The number of aromatic nitrogens is 1. The zero-order valence-electron chi connectivity index (χ0n) is 19.9. The fourth-order valence-electron chi connectivity index (χ4n) is 3.71. The van der Waals surface area contributed by atoms with Gasteiger partial charge >= 0.3 is 0 Å². The van der Waals surface area contributed by atoms with Gasteiger partial charge in [0.15, 0.2) is 0 Å². The van der Waals surface area contributed by atoms with Gasteiger partial charge in [0.05, 0.1) is 30.2 Å². The van der Waals surface area contributed by atoms with E-state index in [1.165, 1.54) is 6.07 Å². The molecular formula is C25H31N5O4. The van der Waals surface area contributed by atoms with Crippen molar-refractivity contribution in [1.82, 2.24) is 9.88 Å². The van der Waals surface area contributed by atoms with Gasteiger partial charge in [-0.05, 0) is 57.1 Å². The van der Waals surface area contributed by atoms with Gasteiger partial charge in [-0.25, -0.2) is 4.98 Å². The van der Waals surface area contributed by atoms with Crippen molar-refractivity contribution in [2.24, 2.45) is 0 Å². The van der Waals surface area contributed by atoms with Crippen molar-refractivity contribution in [1.29, 1.82) is 5.26 Å². The van der Waals surface area contributed by atoms with Crippen LogP contribution >= 0.6 is 0 Å². The number of ether oxygens (including phenoxy) is 1. The predicted octanol–water partition coefficient (Wildman–Crippen LogP) is 2.45. The van der Waals surface area contributed by atoms with Crippen LogP contribution < -0.4 is 10.2 Å². The number of carbonyl (C=O) groups excluding carboxylic acids is 2. The summed E-state index contributed by atoms with van der Waals surface area (Å²) >= 11 is 0. The maximum absolute atomic E-state index is 13.0. The second-order valence-corrected chi connectivity index (χ2v) is 9.06. The van der Waals surface area contributed by atoms with Crippen LogP contribution in [-0.4, -0.2) is 72.7 Å². The lowest BCUT2D eigenvalue weighted by Crippen LogP contribution is -2.37. The molecule has 1 aromatic heterocycles. The molecule has 0 spiro atoms. The summed E-state index contributed by atoms with van der Waals surface area (Å²) in [7, 11) is 1.92. The summed E-state index contributed by atoms with van der Waals surface area (Å²) in [6, 6.07) is 10.3. The van der Waals surface area contributed by atoms with E-state index in [0.29, 0.717) is 57.1 Å². The van der Waals surface area contributed by atoms with Crippen LogP contribution in [0.4, 0.5) is 11.4 Å². The fraction of sp³-hybridized carbons (Fsp3) is 0.440. The molecule has 2 heterocycles. The minimum atomic E-state index is -0.786. The van der Waals surface area contributed by atoms with Crippen molar-refractivity contribution < 1.29 is 19.4 Å². The number of nitriles is 1. The third kappa shape index (κ3) is 6.84. The first-order valence-electron chi connectivity index (χ1n) is 11.2. The van der Waals surface area contributed by atoms with E-state index in [1.54, 1.807) is 32.0 Å². The summed E-state index contributed by atoms with van der Waals surface area (Å²) in [5, 5.41) is 22.1. The number of hydrogen-bond acceptors (Lipinski definition) is 8. The molecule has 2 aromatic rings. The van der Waals surface area contributed by atoms with E-state index in [2.05, 4.69) is 15.2 Å². The minimum Gasteiger partial charge on any atom is -0.390 e. The summed E-state index contributed by atoms with van der Waals surface area (Å²) in [5.74, 6) is -0.438. The molecule has 1 aliphatic heterocycles.